The second-order valence-corrected chi connectivity index (χ2v) is 5.81. The van der Waals surface area contributed by atoms with Crippen molar-refractivity contribution in [1.29, 1.82) is 0 Å². The Morgan fingerprint density at radius 2 is 2.00 bits per heavy atom. The number of hydrogen-bond donors (Lipinski definition) is 1. The number of benzene rings is 1. The first kappa shape index (κ1) is 14.4. The van der Waals surface area contributed by atoms with Crippen molar-refractivity contribution in [3.8, 4) is 0 Å². The van der Waals surface area contributed by atoms with Gasteiger partial charge in [-0.25, -0.2) is 0 Å². The molecule has 0 aliphatic carbocycles. The summed E-state index contributed by atoms with van der Waals surface area (Å²) < 4.78 is 0. The molecule has 1 aliphatic heterocycles. The second kappa shape index (κ2) is 6.95. The number of rotatable bonds is 5. The molecule has 0 fully saturated rings. The lowest BCUT2D eigenvalue weighted by Crippen LogP contribution is -2.39. The summed E-state index contributed by atoms with van der Waals surface area (Å²) in [4.78, 5) is 2.64. The van der Waals surface area contributed by atoms with E-state index in [4.69, 9.17) is 0 Å². The molecule has 1 N–H and O–H groups in total. The Hall–Kier alpha value is -1.02. The molecular weight excluding hydrogens is 232 g/mol. The van der Waals surface area contributed by atoms with Gasteiger partial charge in [-0.2, -0.15) is 0 Å². The molecule has 1 aromatic rings. The number of nitrogens with one attached hydrogen (secondary N) is 1. The third-order valence-electron chi connectivity index (χ3n) is 4.43. The minimum atomic E-state index is 0.677. The molecule has 19 heavy (non-hydrogen) atoms. The third kappa shape index (κ3) is 3.50. The van der Waals surface area contributed by atoms with Crippen LogP contribution in [0, 0.1) is 5.92 Å². The summed E-state index contributed by atoms with van der Waals surface area (Å²) in [6.45, 7) is 10.2. The first-order valence-corrected chi connectivity index (χ1v) is 7.81. The van der Waals surface area contributed by atoms with Crippen molar-refractivity contribution in [3.63, 3.8) is 0 Å². The summed E-state index contributed by atoms with van der Waals surface area (Å²) >= 11 is 0. The van der Waals surface area contributed by atoms with Gasteiger partial charge in [0, 0.05) is 31.4 Å². The first-order valence-electron chi connectivity index (χ1n) is 7.81. The second-order valence-electron chi connectivity index (χ2n) is 5.81. The van der Waals surface area contributed by atoms with Crippen LogP contribution >= 0.6 is 0 Å². The molecular formula is C17H28N2. The topological polar surface area (TPSA) is 15.3 Å². The van der Waals surface area contributed by atoms with E-state index < -0.39 is 0 Å². The van der Waals surface area contributed by atoms with Gasteiger partial charge in [0.2, 0.25) is 0 Å². The Kier molecular flexibility index (Phi) is 5.26. The maximum Gasteiger partial charge on any atom is 0.0414 e. The Labute approximate surface area is 118 Å². The van der Waals surface area contributed by atoms with Crippen LogP contribution in [0.2, 0.25) is 0 Å². The number of anilines is 1. The molecule has 0 saturated heterocycles. The number of hydrogen-bond acceptors (Lipinski definition) is 2. The highest BCUT2D eigenvalue weighted by molar-refractivity contribution is 5.55. The highest BCUT2D eigenvalue weighted by atomic mass is 15.2. The van der Waals surface area contributed by atoms with Gasteiger partial charge in [0.25, 0.3) is 0 Å². The largest absolute Gasteiger partial charge is 0.367 e. The molecule has 1 aliphatic rings. The van der Waals surface area contributed by atoms with E-state index in [1.54, 1.807) is 0 Å². The standard InChI is InChI=1S/C17H28N2/c1-4-14(3)12-16(5-2)19-11-10-18-13-15-8-6-7-9-17(15)19/h6-9,14,16,18H,4-5,10-13H2,1-3H3. The fraction of sp³-hybridized carbons (Fsp3) is 0.647. The SMILES string of the molecule is CCC(C)CC(CC)N1CCNCc2ccccc21. The number of fused-ring (bicyclic) bond motifs is 1. The maximum atomic E-state index is 3.54. The quantitative estimate of drug-likeness (QED) is 0.866. The lowest BCUT2D eigenvalue weighted by molar-refractivity contribution is 0.422. The van der Waals surface area contributed by atoms with E-state index in [-0.39, 0.29) is 0 Å². The van der Waals surface area contributed by atoms with Crippen molar-refractivity contribution in [3.05, 3.63) is 29.8 Å². The molecule has 2 nitrogen and oxygen atoms in total. The van der Waals surface area contributed by atoms with E-state index in [0.717, 1.165) is 25.6 Å². The zero-order chi connectivity index (χ0) is 13.7. The van der Waals surface area contributed by atoms with Gasteiger partial charge in [-0.1, -0.05) is 45.4 Å². The van der Waals surface area contributed by atoms with Gasteiger partial charge in [0.05, 0.1) is 0 Å². The van der Waals surface area contributed by atoms with Gasteiger partial charge in [0.15, 0.2) is 0 Å². The highest BCUT2D eigenvalue weighted by Gasteiger charge is 2.22. The van der Waals surface area contributed by atoms with Crippen molar-refractivity contribution in [2.24, 2.45) is 5.92 Å². The van der Waals surface area contributed by atoms with Crippen LogP contribution < -0.4 is 10.2 Å². The van der Waals surface area contributed by atoms with Crippen molar-refractivity contribution < 1.29 is 0 Å². The summed E-state index contributed by atoms with van der Waals surface area (Å²) in [5, 5.41) is 3.54. The van der Waals surface area contributed by atoms with E-state index >= 15 is 0 Å². The zero-order valence-electron chi connectivity index (χ0n) is 12.7. The predicted molar refractivity (Wildman–Crippen MR) is 83.6 cm³/mol. The van der Waals surface area contributed by atoms with Crippen molar-refractivity contribution in [2.75, 3.05) is 18.0 Å². The molecule has 2 atom stereocenters. The number of para-hydroxylation sites is 1. The molecule has 0 amide bonds. The van der Waals surface area contributed by atoms with E-state index in [1.165, 1.54) is 30.5 Å². The van der Waals surface area contributed by atoms with Crippen LogP contribution in [0.5, 0.6) is 0 Å². The molecule has 2 heteroatoms. The molecule has 106 valence electrons. The van der Waals surface area contributed by atoms with E-state index in [1.807, 2.05) is 0 Å². The Bertz CT molecular complexity index is 389. The van der Waals surface area contributed by atoms with E-state index in [9.17, 15) is 0 Å². The summed E-state index contributed by atoms with van der Waals surface area (Å²) in [6, 6.07) is 9.56. The van der Waals surface area contributed by atoms with Crippen LogP contribution in [0.1, 0.15) is 45.6 Å². The third-order valence-corrected chi connectivity index (χ3v) is 4.43. The summed E-state index contributed by atoms with van der Waals surface area (Å²) in [6.07, 6.45) is 3.82. The van der Waals surface area contributed by atoms with Gasteiger partial charge >= 0.3 is 0 Å². The molecule has 2 rings (SSSR count). The van der Waals surface area contributed by atoms with Crippen molar-refractivity contribution in [2.45, 2.75) is 52.6 Å². The Morgan fingerprint density at radius 1 is 1.21 bits per heavy atom. The summed E-state index contributed by atoms with van der Waals surface area (Å²) in [5.74, 6) is 0.813. The average Bonchev–Trinajstić information content (AvgIpc) is 2.67. The lowest BCUT2D eigenvalue weighted by atomic mass is 9.95. The lowest BCUT2D eigenvalue weighted by Gasteiger charge is -2.34. The fourth-order valence-corrected chi connectivity index (χ4v) is 3.01. The van der Waals surface area contributed by atoms with Gasteiger partial charge in [0.1, 0.15) is 0 Å². The van der Waals surface area contributed by atoms with Crippen LogP contribution in [0.3, 0.4) is 0 Å². The van der Waals surface area contributed by atoms with Gasteiger partial charge in [-0.05, 0) is 30.4 Å². The van der Waals surface area contributed by atoms with Crippen LogP contribution in [0.15, 0.2) is 24.3 Å². The van der Waals surface area contributed by atoms with Crippen LogP contribution in [-0.4, -0.2) is 19.1 Å². The van der Waals surface area contributed by atoms with Crippen molar-refractivity contribution in [1.82, 2.24) is 5.32 Å². The number of nitrogens with zero attached hydrogens (tertiary/aromatic N) is 1. The molecule has 1 aromatic carbocycles. The average molecular weight is 260 g/mol. The van der Waals surface area contributed by atoms with Crippen molar-refractivity contribution >= 4 is 5.69 Å². The van der Waals surface area contributed by atoms with E-state index in [0.29, 0.717) is 6.04 Å². The smallest absolute Gasteiger partial charge is 0.0414 e. The predicted octanol–water partition coefficient (Wildman–Crippen LogP) is 3.81. The van der Waals surface area contributed by atoms with Gasteiger partial charge in [-0.15, -0.1) is 0 Å². The molecule has 0 aromatic heterocycles. The van der Waals surface area contributed by atoms with Crippen LogP contribution in [-0.2, 0) is 6.54 Å². The Morgan fingerprint density at radius 3 is 2.74 bits per heavy atom. The monoisotopic (exact) mass is 260 g/mol. The van der Waals surface area contributed by atoms with Crippen LogP contribution in [0.4, 0.5) is 5.69 Å². The Balaban J connectivity index is 2.21. The zero-order valence-corrected chi connectivity index (χ0v) is 12.7. The molecule has 0 radical (unpaired) electrons. The molecule has 0 saturated carbocycles. The molecule has 1 heterocycles. The van der Waals surface area contributed by atoms with Gasteiger partial charge < -0.3 is 10.2 Å². The maximum absolute atomic E-state index is 3.54. The highest BCUT2D eigenvalue weighted by Crippen LogP contribution is 2.28. The minimum Gasteiger partial charge on any atom is -0.367 e. The molecule has 0 bridgehead atoms. The van der Waals surface area contributed by atoms with E-state index in [2.05, 4.69) is 55.3 Å². The minimum absolute atomic E-state index is 0.677. The van der Waals surface area contributed by atoms with Crippen LogP contribution in [0.25, 0.3) is 0 Å². The fourth-order valence-electron chi connectivity index (χ4n) is 3.01. The first-order chi connectivity index (χ1) is 9.26. The molecule has 0 spiro atoms. The van der Waals surface area contributed by atoms with Gasteiger partial charge in [-0.3, -0.25) is 0 Å². The normalized spacial score (nSPS) is 18.6. The summed E-state index contributed by atoms with van der Waals surface area (Å²) in [5.41, 5.74) is 2.89. The summed E-state index contributed by atoms with van der Waals surface area (Å²) in [7, 11) is 0. The molecule has 2 unspecified atom stereocenters.